The molecule has 2 aromatic heterocycles. The van der Waals surface area contributed by atoms with Gasteiger partial charge >= 0.3 is 0 Å². The van der Waals surface area contributed by atoms with Gasteiger partial charge in [0, 0.05) is 26.4 Å². The van der Waals surface area contributed by atoms with E-state index >= 15 is 0 Å². The number of thiophene rings is 1. The van der Waals surface area contributed by atoms with Crippen molar-refractivity contribution in [3.63, 3.8) is 0 Å². The molecule has 1 amide bonds. The van der Waals surface area contributed by atoms with Crippen molar-refractivity contribution in [2.45, 2.75) is 19.9 Å². The number of anilines is 1. The number of nitrogens with zero attached hydrogens (tertiary/aromatic N) is 3. The first-order valence-corrected chi connectivity index (χ1v) is 9.92. The molecule has 0 aliphatic rings. The number of benzene rings is 1. The Morgan fingerprint density at radius 1 is 1.33 bits per heavy atom. The van der Waals surface area contributed by atoms with E-state index in [0.717, 1.165) is 25.5 Å². The van der Waals surface area contributed by atoms with Gasteiger partial charge in [-0.25, -0.2) is 4.68 Å². The quantitative estimate of drug-likeness (QED) is 0.532. The predicted octanol–water partition coefficient (Wildman–Crippen LogP) is 5.25. The maximum Gasteiger partial charge on any atom is 0.249 e. The van der Waals surface area contributed by atoms with E-state index in [2.05, 4.69) is 44.5 Å². The lowest BCUT2D eigenvalue weighted by Crippen LogP contribution is -2.13. The molecule has 0 aliphatic heterocycles. The smallest absolute Gasteiger partial charge is 0.249 e. The van der Waals surface area contributed by atoms with Gasteiger partial charge in [-0.2, -0.15) is 10.4 Å². The van der Waals surface area contributed by atoms with Gasteiger partial charge in [0.05, 0.1) is 24.7 Å². The molecule has 0 atom stereocenters. The van der Waals surface area contributed by atoms with Gasteiger partial charge in [-0.05, 0) is 42.8 Å². The van der Waals surface area contributed by atoms with Gasteiger partial charge in [0.2, 0.25) is 5.91 Å². The SMILES string of the molecule is Cc1cc(NC(=O)/C=C/c2ccc(-c3ccc(Br)cc3)s2)n(CCC#N)n1. The maximum absolute atomic E-state index is 12.2. The van der Waals surface area contributed by atoms with Crippen molar-refractivity contribution in [3.8, 4) is 16.5 Å². The van der Waals surface area contributed by atoms with Crippen LogP contribution in [0.3, 0.4) is 0 Å². The third-order valence-corrected chi connectivity index (χ3v) is 5.37. The van der Waals surface area contributed by atoms with Gasteiger partial charge in [-0.3, -0.25) is 4.79 Å². The lowest BCUT2D eigenvalue weighted by Gasteiger charge is -2.05. The van der Waals surface area contributed by atoms with E-state index < -0.39 is 0 Å². The number of nitrogens with one attached hydrogen (secondary N) is 1. The normalized spacial score (nSPS) is 10.9. The first kappa shape index (κ1) is 19.1. The van der Waals surface area contributed by atoms with E-state index in [1.807, 2.05) is 31.2 Å². The van der Waals surface area contributed by atoms with Crippen LogP contribution in [0.15, 0.2) is 53.0 Å². The molecular weight excluding hydrogens is 424 g/mol. The Bertz CT molecular complexity index is 1010. The zero-order chi connectivity index (χ0) is 19.2. The van der Waals surface area contributed by atoms with Gasteiger partial charge < -0.3 is 5.32 Å². The van der Waals surface area contributed by atoms with Crippen molar-refractivity contribution < 1.29 is 4.79 Å². The topological polar surface area (TPSA) is 70.7 Å². The van der Waals surface area contributed by atoms with Gasteiger partial charge in [0.25, 0.3) is 0 Å². The summed E-state index contributed by atoms with van der Waals surface area (Å²) in [6.45, 7) is 2.30. The van der Waals surface area contributed by atoms with Crippen molar-refractivity contribution in [2.75, 3.05) is 5.32 Å². The van der Waals surface area contributed by atoms with E-state index in [0.29, 0.717) is 18.8 Å². The van der Waals surface area contributed by atoms with E-state index in [9.17, 15) is 4.79 Å². The summed E-state index contributed by atoms with van der Waals surface area (Å²) < 4.78 is 2.69. The van der Waals surface area contributed by atoms with Crippen molar-refractivity contribution in [1.29, 1.82) is 5.26 Å². The number of aryl methyl sites for hydroxylation is 2. The molecule has 0 saturated heterocycles. The molecule has 3 rings (SSSR count). The minimum atomic E-state index is -0.230. The number of hydrogen-bond acceptors (Lipinski definition) is 4. The molecule has 0 fully saturated rings. The van der Waals surface area contributed by atoms with Crippen LogP contribution >= 0.6 is 27.3 Å². The molecule has 0 aliphatic carbocycles. The molecule has 27 heavy (non-hydrogen) atoms. The molecule has 136 valence electrons. The fraction of sp³-hybridized carbons (Fsp3) is 0.150. The summed E-state index contributed by atoms with van der Waals surface area (Å²) in [4.78, 5) is 14.4. The number of amides is 1. The minimum absolute atomic E-state index is 0.230. The highest BCUT2D eigenvalue weighted by Crippen LogP contribution is 2.29. The average molecular weight is 441 g/mol. The van der Waals surface area contributed by atoms with Crippen LogP contribution in [-0.4, -0.2) is 15.7 Å². The van der Waals surface area contributed by atoms with Crippen LogP contribution in [-0.2, 0) is 11.3 Å². The summed E-state index contributed by atoms with van der Waals surface area (Å²) in [7, 11) is 0. The molecule has 0 unspecified atom stereocenters. The highest BCUT2D eigenvalue weighted by atomic mass is 79.9. The van der Waals surface area contributed by atoms with Crippen molar-refractivity contribution in [3.05, 3.63) is 63.6 Å². The lowest BCUT2D eigenvalue weighted by molar-refractivity contribution is -0.111. The number of nitriles is 1. The fourth-order valence-electron chi connectivity index (χ4n) is 2.51. The summed E-state index contributed by atoms with van der Waals surface area (Å²) in [5.41, 5.74) is 1.94. The number of rotatable bonds is 6. The third kappa shape index (κ3) is 5.16. The second kappa shape index (κ2) is 8.80. The number of carbonyl (C=O) groups is 1. The van der Waals surface area contributed by atoms with E-state index in [4.69, 9.17) is 5.26 Å². The average Bonchev–Trinajstić information content (AvgIpc) is 3.25. The van der Waals surface area contributed by atoms with Crippen LogP contribution in [0.25, 0.3) is 16.5 Å². The van der Waals surface area contributed by atoms with Crippen LogP contribution in [0.5, 0.6) is 0 Å². The Kier molecular flexibility index (Phi) is 6.22. The first-order chi connectivity index (χ1) is 13.0. The number of hydrogen-bond donors (Lipinski definition) is 1. The van der Waals surface area contributed by atoms with Gasteiger partial charge in [0.15, 0.2) is 0 Å². The minimum Gasteiger partial charge on any atom is -0.307 e. The Labute approximate surface area is 170 Å². The van der Waals surface area contributed by atoms with Crippen LogP contribution in [0, 0.1) is 18.3 Å². The largest absolute Gasteiger partial charge is 0.307 e. The molecule has 0 spiro atoms. The molecule has 1 N–H and O–H groups in total. The number of aromatic nitrogens is 2. The van der Waals surface area contributed by atoms with Gasteiger partial charge in [0.1, 0.15) is 5.82 Å². The van der Waals surface area contributed by atoms with Crippen LogP contribution in [0.4, 0.5) is 5.82 Å². The molecule has 7 heteroatoms. The van der Waals surface area contributed by atoms with Crippen molar-refractivity contribution >= 4 is 45.1 Å². The second-order valence-corrected chi connectivity index (χ2v) is 7.86. The Balaban J connectivity index is 1.66. The monoisotopic (exact) mass is 440 g/mol. The number of halogens is 1. The molecular formula is C20H17BrN4OS. The molecule has 3 aromatic rings. The third-order valence-electron chi connectivity index (χ3n) is 3.74. The highest BCUT2D eigenvalue weighted by Gasteiger charge is 2.08. The zero-order valence-electron chi connectivity index (χ0n) is 14.6. The molecule has 1 aromatic carbocycles. The fourth-order valence-corrected chi connectivity index (χ4v) is 3.69. The molecule has 0 radical (unpaired) electrons. The van der Waals surface area contributed by atoms with Gasteiger partial charge in [-0.1, -0.05) is 28.1 Å². The summed E-state index contributed by atoms with van der Waals surface area (Å²) in [6, 6.07) is 16.0. The Hall–Kier alpha value is -2.69. The Morgan fingerprint density at radius 2 is 2.11 bits per heavy atom. The van der Waals surface area contributed by atoms with E-state index in [1.54, 1.807) is 28.2 Å². The molecule has 5 nitrogen and oxygen atoms in total. The van der Waals surface area contributed by atoms with Crippen molar-refractivity contribution in [1.82, 2.24) is 9.78 Å². The summed E-state index contributed by atoms with van der Waals surface area (Å²) in [6.07, 6.45) is 3.65. The van der Waals surface area contributed by atoms with Crippen LogP contribution in [0.1, 0.15) is 17.0 Å². The first-order valence-electron chi connectivity index (χ1n) is 8.31. The maximum atomic E-state index is 12.2. The molecule has 2 heterocycles. The second-order valence-electron chi connectivity index (χ2n) is 5.83. The summed E-state index contributed by atoms with van der Waals surface area (Å²) in [5.74, 6) is 0.367. The van der Waals surface area contributed by atoms with Crippen LogP contribution in [0.2, 0.25) is 0 Å². The van der Waals surface area contributed by atoms with E-state index in [1.165, 1.54) is 6.08 Å². The lowest BCUT2D eigenvalue weighted by atomic mass is 10.2. The summed E-state index contributed by atoms with van der Waals surface area (Å²) in [5, 5.41) is 15.8. The molecule has 0 bridgehead atoms. The summed E-state index contributed by atoms with van der Waals surface area (Å²) >= 11 is 5.06. The standard InChI is InChI=1S/C20H17BrN4OS/c1-14-13-19(25(24-14)12-2-11-22)23-20(26)10-8-17-7-9-18(27-17)15-3-5-16(21)6-4-15/h3-10,13H,2,12H2,1H3,(H,23,26)/b10-8+. The zero-order valence-corrected chi connectivity index (χ0v) is 17.0. The number of carbonyl (C=O) groups excluding carboxylic acids is 1. The Morgan fingerprint density at radius 3 is 2.85 bits per heavy atom. The predicted molar refractivity (Wildman–Crippen MR) is 112 cm³/mol. The molecule has 0 saturated carbocycles. The van der Waals surface area contributed by atoms with E-state index in [-0.39, 0.29) is 5.91 Å². The van der Waals surface area contributed by atoms with Gasteiger partial charge in [-0.15, -0.1) is 11.3 Å². The highest BCUT2D eigenvalue weighted by molar-refractivity contribution is 9.10. The van der Waals surface area contributed by atoms with Crippen LogP contribution < -0.4 is 5.32 Å². The van der Waals surface area contributed by atoms with Crippen molar-refractivity contribution in [2.24, 2.45) is 0 Å².